The van der Waals surface area contributed by atoms with E-state index in [0.717, 1.165) is 26.2 Å². The number of aliphatic hydroxyl groups excluding tert-OH is 1. The zero-order valence-electron chi connectivity index (χ0n) is 13.5. The van der Waals surface area contributed by atoms with Gasteiger partial charge >= 0.3 is 0 Å². The highest BCUT2D eigenvalue weighted by atomic mass is 16.3. The van der Waals surface area contributed by atoms with Crippen molar-refractivity contribution in [1.29, 1.82) is 0 Å². The van der Waals surface area contributed by atoms with Crippen LogP contribution in [0, 0.1) is 5.41 Å². The maximum atomic E-state index is 12.0. The maximum Gasteiger partial charge on any atom is 0.225 e. The molecule has 6 nitrogen and oxygen atoms in total. The predicted molar refractivity (Wildman–Crippen MR) is 81.8 cm³/mol. The van der Waals surface area contributed by atoms with Crippen LogP contribution in [0.4, 0.5) is 0 Å². The number of nitrogens with zero attached hydrogens (tertiary/aromatic N) is 2. The van der Waals surface area contributed by atoms with Gasteiger partial charge in [0.15, 0.2) is 0 Å². The number of β-amino-alcohol motifs (C(OH)–C–C–N with tert-alkyl or cyclic N) is 1. The van der Waals surface area contributed by atoms with Crippen molar-refractivity contribution in [3.63, 3.8) is 0 Å². The lowest BCUT2D eigenvalue weighted by Gasteiger charge is -2.34. The van der Waals surface area contributed by atoms with E-state index < -0.39 is 0 Å². The van der Waals surface area contributed by atoms with E-state index >= 15 is 0 Å². The van der Waals surface area contributed by atoms with Crippen LogP contribution in [0.5, 0.6) is 0 Å². The largest absolute Gasteiger partial charge is 0.395 e. The van der Waals surface area contributed by atoms with Crippen molar-refractivity contribution in [2.24, 2.45) is 5.41 Å². The van der Waals surface area contributed by atoms with Gasteiger partial charge in [-0.2, -0.15) is 0 Å². The number of nitrogens with one attached hydrogen (secondary N) is 1. The quantitative estimate of drug-likeness (QED) is 0.681. The van der Waals surface area contributed by atoms with Gasteiger partial charge in [0.25, 0.3) is 0 Å². The average Bonchev–Trinajstić information content (AvgIpc) is 2.43. The standard InChI is InChI=1S/C15H29N3O3/c1-15(2,3)14(21)16-6-4-5-13(20)18-9-7-17(8-10-18)11-12-19/h19H,4-12H2,1-3H3,(H,16,21). The molecule has 0 aliphatic carbocycles. The second-order valence-electron chi connectivity index (χ2n) is 6.56. The molecular formula is C15H29N3O3. The molecule has 1 rings (SSSR count). The number of aliphatic hydroxyl groups is 1. The van der Waals surface area contributed by atoms with E-state index in [9.17, 15) is 9.59 Å². The third-order valence-electron chi connectivity index (χ3n) is 3.68. The Kier molecular flexibility index (Phi) is 7.11. The molecule has 122 valence electrons. The Morgan fingerprint density at radius 1 is 1.14 bits per heavy atom. The van der Waals surface area contributed by atoms with Crippen LogP contribution in [0.15, 0.2) is 0 Å². The Morgan fingerprint density at radius 3 is 2.29 bits per heavy atom. The van der Waals surface area contributed by atoms with E-state index in [1.807, 2.05) is 25.7 Å². The Labute approximate surface area is 127 Å². The Morgan fingerprint density at radius 2 is 1.76 bits per heavy atom. The SMILES string of the molecule is CC(C)(C)C(=O)NCCCC(=O)N1CCN(CCO)CC1. The molecular weight excluding hydrogens is 270 g/mol. The van der Waals surface area contributed by atoms with Gasteiger partial charge in [-0.25, -0.2) is 0 Å². The summed E-state index contributed by atoms with van der Waals surface area (Å²) >= 11 is 0. The summed E-state index contributed by atoms with van der Waals surface area (Å²) in [7, 11) is 0. The highest BCUT2D eigenvalue weighted by molar-refractivity contribution is 5.81. The normalized spacial score (nSPS) is 16.9. The van der Waals surface area contributed by atoms with Gasteiger partial charge in [0, 0.05) is 51.1 Å². The lowest BCUT2D eigenvalue weighted by molar-refractivity contribution is -0.133. The summed E-state index contributed by atoms with van der Waals surface area (Å²) in [6.45, 7) is 10.1. The first-order valence-electron chi connectivity index (χ1n) is 7.74. The van der Waals surface area contributed by atoms with Gasteiger partial charge in [-0.05, 0) is 6.42 Å². The van der Waals surface area contributed by atoms with Crippen molar-refractivity contribution < 1.29 is 14.7 Å². The van der Waals surface area contributed by atoms with Gasteiger partial charge in [-0.1, -0.05) is 20.8 Å². The van der Waals surface area contributed by atoms with Crippen LogP contribution in [0.2, 0.25) is 0 Å². The third-order valence-corrected chi connectivity index (χ3v) is 3.68. The van der Waals surface area contributed by atoms with Crippen LogP contribution in [0.1, 0.15) is 33.6 Å². The average molecular weight is 299 g/mol. The van der Waals surface area contributed by atoms with Gasteiger partial charge in [-0.15, -0.1) is 0 Å². The van der Waals surface area contributed by atoms with E-state index in [1.54, 1.807) is 0 Å². The molecule has 0 unspecified atom stereocenters. The summed E-state index contributed by atoms with van der Waals surface area (Å²) in [6, 6.07) is 0. The van der Waals surface area contributed by atoms with Gasteiger partial charge < -0.3 is 15.3 Å². The fraction of sp³-hybridized carbons (Fsp3) is 0.867. The number of amides is 2. The summed E-state index contributed by atoms with van der Waals surface area (Å²) in [5, 5.41) is 11.7. The molecule has 2 amide bonds. The Hall–Kier alpha value is -1.14. The Balaban J connectivity index is 2.16. The highest BCUT2D eigenvalue weighted by Crippen LogP contribution is 2.12. The molecule has 0 aromatic carbocycles. The molecule has 21 heavy (non-hydrogen) atoms. The van der Waals surface area contributed by atoms with Crippen molar-refractivity contribution >= 4 is 11.8 Å². The molecule has 0 radical (unpaired) electrons. The number of carbonyl (C=O) groups is 2. The monoisotopic (exact) mass is 299 g/mol. The fourth-order valence-electron chi connectivity index (χ4n) is 2.23. The van der Waals surface area contributed by atoms with Crippen LogP contribution >= 0.6 is 0 Å². The zero-order chi connectivity index (χ0) is 15.9. The molecule has 2 N–H and O–H groups in total. The first-order valence-corrected chi connectivity index (χ1v) is 7.74. The number of piperazine rings is 1. The number of hydrogen-bond donors (Lipinski definition) is 2. The molecule has 0 atom stereocenters. The second-order valence-corrected chi connectivity index (χ2v) is 6.56. The third kappa shape index (κ3) is 6.44. The van der Waals surface area contributed by atoms with Crippen molar-refractivity contribution in [2.75, 3.05) is 45.9 Å². The van der Waals surface area contributed by atoms with Gasteiger partial charge in [0.2, 0.25) is 11.8 Å². The molecule has 1 aliphatic rings. The summed E-state index contributed by atoms with van der Waals surface area (Å²) in [5.41, 5.74) is -0.382. The minimum Gasteiger partial charge on any atom is -0.395 e. The first kappa shape index (κ1) is 17.9. The molecule has 0 aromatic heterocycles. The van der Waals surface area contributed by atoms with Crippen LogP contribution in [0.25, 0.3) is 0 Å². The molecule has 1 fully saturated rings. The van der Waals surface area contributed by atoms with E-state index in [-0.39, 0.29) is 23.8 Å². The van der Waals surface area contributed by atoms with Crippen molar-refractivity contribution in [3.8, 4) is 0 Å². The summed E-state index contributed by atoms with van der Waals surface area (Å²) in [5.74, 6) is 0.177. The minimum atomic E-state index is -0.382. The molecule has 1 saturated heterocycles. The smallest absolute Gasteiger partial charge is 0.225 e. The summed E-state index contributed by atoms with van der Waals surface area (Å²) in [4.78, 5) is 27.8. The number of rotatable bonds is 6. The molecule has 6 heteroatoms. The minimum absolute atomic E-state index is 0.0209. The highest BCUT2D eigenvalue weighted by Gasteiger charge is 2.22. The summed E-state index contributed by atoms with van der Waals surface area (Å²) < 4.78 is 0. The van der Waals surface area contributed by atoms with Crippen molar-refractivity contribution in [3.05, 3.63) is 0 Å². The number of hydrogen-bond acceptors (Lipinski definition) is 4. The molecule has 0 spiro atoms. The maximum absolute atomic E-state index is 12.0. The van der Waals surface area contributed by atoms with E-state index in [0.29, 0.717) is 25.9 Å². The zero-order valence-corrected chi connectivity index (χ0v) is 13.5. The lowest BCUT2D eigenvalue weighted by Crippen LogP contribution is -2.49. The second kappa shape index (κ2) is 8.34. The van der Waals surface area contributed by atoms with Crippen LogP contribution < -0.4 is 5.32 Å². The van der Waals surface area contributed by atoms with E-state index in [2.05, 4.69) is 10.2 Å². The molecule has 0 aromatic rings. The Bertz CT molecular complexity index is 345. The van der Waals surface area contributed by atoms with Gasteiger partial charge in [-0.3, -0.25) is 14.5 Å². The molecule has 0 bridgehead atoms. The first-order chi connectivity index (χ1) is 9.84. The molecule has 1 heterocycles. The topological polar surface area (TPSA) is 72.9 Å². The lowest BCUT2D eigenvalue weighted by atomic mass is 9.96. The van der Waals surface area contributed by atoms with Crippen LogP contribution in [0.3, 0.4) is 0 Å². The fourth-order valence-corrected chi connectivity index (χ4v) is 2.23. The predicted octanol–water partition coefficient (Wildman–Crippen LogP) is 0.0654. The summed E-state index contributed by atoms with van der Waals surface area (Å²) in [6.07, 6.45) is 1.15. The van der Waals surface area contributed by atoms with E-state index in [4.69, 9.17) is 5.11 Å². The van der Waals surface area contributed by atoms with Gasteiger partial charge in [0.05, 0.1) is 6.61 Å². The molecule has 0 saturated carbocycles. The van der Waals surface area contributed by atoms with Crippen LogP contribution in [-0.4, -0.2) is 72.6 Å². The van der Waals surface area contributed by atoms with Crippen LogP contribution in [-0.2, 0) is 9.59 Å². The van der Waals surface area contributed by atoms with E-state index in [1.165, 1.54) is 0 Å². The number of carbonyl (C=O) groups excluding carboxylic acids is 2. The molecule has 1 aliphatic heterocycles. The van der Waals surface area contributed by atoms with Crippen molar-refractivity contribution in [2.45, 2.75) is 33.6 Å². The van der Waals surface area contributed by atoms with Crippen molar-refractivity contribution in [1.82, 2.24) is 15.1 Å². The van der Waals surface area contributed by atoms with Gasteiger partial charge in [0.1, 0.15) is 0 Å².